The highest BCUT2D eigenvalue weighted by molar-refractivity contribution is 9.10. The highest BCUT2D eigenvalue weighted by Crippen LogP contribution is 2.36. The van der Waals surface area contributed by atoms with Crippen LogP contribution in [0.4, 0.5) is 5.69 Å². The minimum atomic E-state index is 0.0793. The van der Waals surface area contributed by atoms with E-state index in [1.165, 1.54) is 0 Å². The summed E-state index contributed by atoms with van der Waals surface area (Å²) in [6.07, 6.45) is 0.305. The number of benzene rings is 2. The molecule has 0 radical (unpaired) electrons. The number of ether oxygens (including phenoxy) is 2. The molecule has 0 spiro atoms. The Morgan fingerprint density at radius 1 is 1.21 bits per heavy atom. The molecule has 3 rings (SSSR count). The summed E-state index contributed by atoms with van der Waals surface area (Å²) in [5.74, 6) is 2.25. The zero-order chi connectivity index (χ0) is 17.1. The lowest BCUT2D eigenvalue weighted by molar-refractivity contribution is -0.118. The van der Waals surface area contributed by atoms with Gasteiger partial charge in [-0.3, -0.25) is 4.79 Å². The van der Waals surface area contributed by atoms with E-state index in [0.717, 1.165) is 32.9 Å². The van der Waals surface area contributed by atoms with Gasteiger partial charge in [-0.1, -0.05) is 28.1 Å². The number of methoxy groups -OCH3 is 2. The lowest BCUT2D eigenvalue weighted by atomic mass is 10.1. The monoisotopic (exact) mass is 407 g/mol. The fourth-order valence-corrected chi connectivity index (χ4v) is 4.18. The summed E-state index contributed by atoms with van der Waals surface area (Å²) < 4.78 is 11.5. The van der Waals surface area contributed by atoms with Gasteiger partial charge >= 0.3 is 0 Å². The lowest BCUT2D eigenvalue weighted by Crippen LogP contribution is -2.36. The molecule has 6 heteroatoms. The van der Waals surface area contributed by atoms with Gasteiger partial charge in [-0.2, -0.15) is 0 Å². The van der Waals surface area contributed by atoms with Crippen LogP contribution in [0.15, 0.2) is 45.8 Å². The molecule has 4 nitrogen and oxygen atoms in total. The Bertz CT molecular complexity index is 766. The number of fused-ring (bicyclic) bond motifs is 1. The summed E-state index contributed by atoms with van der Waals surface area (Å²) in [6, 6.07) is 11.7. The van der Waals surface area contributed by atoms with E-state index in [-0.39, 0.29) is 5.91 Å². The third kappa shape index (κ3) is 3.39. The van der Waals surface area contributed by atoms with Gasteiger partial charge in [0.1, 0.15) is 0 Å². The Balaban J connectivity index is 1.86. The highest BCUT2D eigenvalue weighted by atomic mass is 79.9. The number of carbonyl (C=O) groups is 1. The first kappa shape index (κ1) is 17.2. The maximum absolute atomic E-state index is 12.9. The molecule has 0 aliphatic carbocycles. The average Bonchev–Trinajstić information content (AvgIpc) is 2.62. The Labute approximate surface area is 154 Å². The van der Waals surface area contributed by atoms with Crippen molar-refractivity contribution in [2.24, 2.45) is 0 Å². The zero-order valence-electron chi connectivity index (χ0n) is 13.5. The maximum Gasteiger partial charge on any atom is 0.231 e. The van der Waals surface area contributed by atoms with Crippen molar-refractivity contribution in [2.45, 2.75) is 11.3 Å². The fourth-order valence-electron chi connectivity index (χ4n) is 2.72. The number of anilines is 1. The number of thioether (sulfide) groups is 1. The molecule has 0 saturated heterocycles. The number of halogens is 1. The molecule has 0 saturated carbocycles. The minimum absolute atomic E-state index is 0.0793. The molecule has 0 fully saturated rings. The number of nitrogens with zero attached hydrogens (tertiary/aromatic N) is 1. The molecule has 0 atom stereocenters. The van der Waals surface area contributed by atoms with E-state index < -0.39 is 0 Å². The molecule has 0 aromatic heterocycles. The summed E-state index contributed by atoms with van der Waals surface area (Å²) in [6.45, 7) is 0.728. The van der Waals surface area contributed by atoms with Gasteiger partial charge in [-0.15, -0.1) is 11.8 Å². The van der Waals surface area contributed by atoms with Gasteiger partial charge in [0.15, 0.2) is 11.5 Å². The van der Waals surface area contributed by atoms with Crippen LogP contribution in [0.25, 0.3) is 0 Å². The van der Waals surface area contributed by atoms with Crippen molar-refractivity contribution >= 4 is 39.3 Å². The normalized spacial score (nSPS) is 13.4. The first-order chi connectivity index (χ1) is 11.6. The molecule has 0 unspecified atom stereocenters. The first-order valence-corrected chi connectivity index (χ1v) is 9.34. The van der Waals surface area contributed by atoms with Crippen LogP contribution in [0.1, 0.15) is 5.56 Å². The molecular weight excluding hydrogens is 390 g/mol. The van der Waals surface area contributed by atoms with Gasteiger partial charge in [0, 0.05) is 21.7 Å². The molecule has 1 heterocycles. The van der Waals surface area contributed by atoms with E-state index in [1.807, 2.05) is 35.2 Å². The highest BCUT2D eigenvalue weighted by Gasteiger charge is 2.23. The molecule has 0 N–H and O–H groups in total. The summed E-state index contributed by atoms with van der Waals surface area (Å²) in [4.78, 5) is 15.9. The van der Waals surface area contributed by atoms with Crippen molar-refractivity contribution < 1.29 is 14.3 Å². The van der Waals surface area contributed by atoms with Gasteiger partial charge in [0.25, 0.3) is 0 Å². The van der Waals surface area contributed by atoms with Gasteiger partial charge in [-0.25, -0.2) is 0 Å². The number of amides is 1. The van der Waals surface area contributed by atoms with Gasteiger partial charge in [-0.05, 0) is 29.8 Å². The molecule has 0 bridgehead atoms. The molecular formula is C18H18BrNO3S. The van der Waals surface area contributed by atoms with Crippen molar-refractivity contribution in [1.82, 2.24) is 0 Å². The fraction of sp³-hybridized carbons (Fsp3) is 0.278. The number of rotatable bonds is 4. The van der Waals surface area contributed by atoms with Gasteiger partial charge < -0.3 is 14.4 Å². The van der Waals surface area contributed by atoms with Crippen LogP contribution in [0.3, 0.4) is 0 Å². The van der Waals surface area contributed by atoms with Crippen molar-refractivity contribution in [3.8, 4) is 11.5 Å². The average molecular weight is 408 g/mol. The smallest absolute Gasteiger partial charge is 0.231 e. The second-order valence-corrected chi connectivity index (χ2v) is 7.33. The molecule has 1 amide bonds. The van der Waals surface area contributed by atoms with Crippen LogP contribution in [-0.4, -0.2) is 32.4 Å². The van der Waals surface area contributed by atoms with E-state index in [2.05, 4.69) is 22.0 Å². The van der Waals surface area contributed by atoms with Crippen LogP contribution >= 0.6 is 27.7 Å². The second-order valence-electron chi connectivity index (χ2n) is 5.34. The van der Waals surface area contributed by atoms with Gasteiger partial charge in [0.05, 0.1) is 26.3 Å². The van der Waals surface area contributed by atoms with E-state index in [4.69, 9.17) is 9.47 Å². The quantitative estimate of drug-likeness (QED) is 0.762. The predicted octanol–water partition coefficient (Wildman–Crippen LogP) is 4.15. The zero-order valence-corrected chi connectivity index (χ0v) is 15.9. The van der Waals surface area contributed by atoms with Crippen LogP contribution in [-0.2, 0) is 11.2 Å². The van der Waals surface area contributed by atoms with Crippen LogP contribution in [0.5, 0.6) is 11.5 Å². The van der Waals surface area contributed by atoms with E-state index >= 15 is 0 Å². The number of para-hydroxylation sites is 1. The van der Waals surface area contributed by atoms with E-state index in [1.54, 1.807) is 26.0 Å². The molecule has 24 heavy (non-hydrogen) atoms. The summed E-state index contributed by atoms with van der Waals surface area (Å²) >= 11 is 5.32. The van der Waals surface area contributed by atoms with Crippen molar-refractivity contribution in [1.29, 1.82) is 0 Å². The number of hydrogen-bond acceptors (Lipinski definition) is 4. The standard InChI is InChI=1S/C18H18BrNO3S/c1-22-15-9-12(13(19)11-16(15)23-2)10-18(21)20-7-8-24-17-6-4-3-5-14(17)20/h3-6,9,11H,7-8,10H2,1-2H3. The Morgan fingerprint density at radius 3 is 2.67 bits per heavy atom. The lowest BCUT2D eigenvalue weighted by Gasteiger charge is -2.29. The molecule has 1 aliphatic heterocycles. The van der Waals surface area contributed by atoms with Gasteiger partial charge in [0.2, 0.25) is 5.91 Å². The van der Waals surface area contributed by atoms with Crippen molar-refractivity contribution in [3.63, 3.8) is 0 Å². The summed E-state index contributed by atoms with van der Waals surface area (Å²) in [7, 11) is 3.19. The number of hydrogen-bond donors (Lipinski definition) is 0. The Morgan fingerprint density at radius 2 is 1.92 bits per heavy atom. The third-order valence-electron chi connectivity index (χ3n) is 3.92. The topological polar surface area (TPSA) is 38.8 Å². The largest absolute Gasteiger partial charge is 0.493 e. The van der Waals surface area contributed by atoms with Crippen LogP contribution < -0.4 is 14.4 Å². The van der Waals surface area contributed by atoms with Crippen LogP contribution in [0, 0.1) is 0 Å². The Hall–Kier alpha value is -1.66. The van der Waals surface area contributed by atoms with Crippen molar-refractivity contribution in [2.75, 3.05) is 31.4 Å². The first-order valence-electron chi connectivity index (χ1n) is 7.56. The van der Waals surface area contributed by atoms with E-state index in [0.29, 0.717) is 17.9 Å². The third-order valence-corrected chi connectivity index (χ3v) is 5.70. The molecule has 2 aromatic rings. The predicted molar refractivity (Wildman–Crippen MR) is 100 cm³/mol. The minimum Gasteiger partial charge on any atom is -0.493 e. The summed E-state index contributed by atoms with van der Waals surface area (Å²) in [5.41, 5.74) is 1.88. The molecule has 126 valence electrons. The summed E-state index contributed by atoms with van der Waals surface area (Å²) in [5, 5.41) is 0. The molecule has 2 aromatic carbocycles. The second kappa shape index (κ2) is 7.49. The number of carbonyl (C=O) groups excluding carboxylic acids is 1. The maximum atomic E-state index is 12.9. The van der Waals surface area contributed by atoms with Crippen molar-refractivity contribution in [3.05, 3.63) is 46.4 Å². The van der Waals surface area contributed by atoms with E-state index in [9.17, 15) is 4.79 Å². The molecule has 1 aliphatic rings. The Kier molecular flexibility index (Phi) is 5.36. The van der Waals surface area contributed by atoms with Crippen LogP contribution in [0.2, 0.25) is 0 Å². The SMILES string of the molecule is COc1cc(Br)c(CC(=O)N2CCSc3ccccc32)cc1OC.